The first-order valence-corrected chi connectivity index (χ1v) is 13.1. The minimum Gasteiger partial charge on any atom is -0.503 e. The Morgan fingerprint density at radius 3 is 2.56 bits per heavy atom. The van der Waals surface area contributed by atoms with Gasteiger partial charge >= 0.3 is 5.97 Å². The Morgan fingerprint density at radius 1 is 1.22 bits per heavy atom. The van der Waals surface area contributed by atoms with Crippen molar-refractivity contribution >= 4 is 39.3 Å². The van der Waals surface area contributed by atoms with Gasteiger partial charge in [0.2, 0.25) is 0 Å². The first kappa shape index (κ1) is 26.3. The Hall–Kier alpha value is -2.77. The van der Waals surface area contributed by atoms with Crippen LogP contribution in [0.1, 0.15) is 63.0 Å². The van der Waals surface area contributed by atoms with Gasteiger partial charge in [0.15, 0.2) is 17.3 Å². The van der Waals surface area contributed by atoms with E-state index in [9.17, 15) is 14.7 Å². The number of nitrogens with one attached hydrogen (secondary N) is 1. The number of esters is 1. The van der Waals surface area contributed by atoms with E-state index in [4.69, 9.17) is 21.1 Å². The van der Waals surface area contributed by atoms with Gasteiger partial charge < -0.3 is 19.9 Å². The van der Waals surface area contributed by atoms with Gasteiger partial charge in [-0.25, -0.2) is 4.79 Å². The van der Waals surface area contributed by atoms with Crippen LogP contribution in [-0.2, 0) is 14.3 Å². The van der Waals surface area contributed by atoms with E-state index in [0.717, 1.165) is 11.3 Å². The van der Waals surface area contributed by atoms with Crippen molar-refractivity contribution in [2.24, 2.45) is 0 Å². The van der Waals surface area contributed by atoms with Crippen LogP contribution in [0.15, 0.2) is 63.4 Å². The van der Waals surface area contributed by atoms with Crippen molar-refractivity contribution in [2.75, 3.05) is 7.11 Å². The van der Waals surface area contributed by atoms with Crippen LogP contribution in [0.25, 0.3) is 0 Å². The number of allylic oxidation sites excluding steroid dienone is 3. The number of halogens is 2. The minimum absolute atomic E-state index is 0.0100. The number of ether oxygens (including phenoxy) is 2. The molecule has 2 N–H and O–H groups in total. The summed E-state index contributed by atoms with van der Waals surface area (Å²) in [6.45, 7) is 5.61. The lowest BCUT2D eigenvalue weighted by Gasteiger charge is -2.37. The number of dihydropyridines is 1. The van der Waals surface area contributed by atoms with Crippen LogP contribution in [0.2, 0.25) is 5.02 Å². The fourth-order valence-electron chi connectivity index (χ4n) is 4.86. The summed E-state index contributed by atoms with van der Waals surface area (Å²) in [6.07, 6.45) is 1.32. The molecule has 2 aromatic rings. The SMILES string of the molecule is CC[C@H](C)OC(=O)C1=C(C)NC2=C(C(=O)C[C@H](c3ccc(Cl)cc3)C2)[C@@H]1c1cc(Br)c(O)c(OC)c1. The highest BCUT2D eigenvalue weighted by molar-refractivity contribution is 9.10. The number of aromatic hydroxyl groups is 1. The average molecular weight is 575 g/mol. The maximum absolute atomic E-state index is 13.7. The van der Waals surface area contributed by atoms with E-state index in [1.54, 1.807) is 12.1 Å². The van der Waals surface area contributed by atoms with Gasteiger partial charge in [-0.1, -0.05) is 30.7 Å². The molecule has 190 valence electrons. The monoisotopic (exact) mass is 573 g/mol. The van der Waals surface area contributed by atoms with Crippen molar-refractivity contribution < 1.29 is 24.2 Å². The fraction of sp³-hybridized carbons (Fsp3) is 0.357. The van der Waals surface area contributed by atoms with Crippen molar-refractivity contribution in [3.8, 4) is 11.5 Å². The summed E-state index contributed by atoms with van der Waals surface area (Å²) in [5, 5.41) is 14.4. The van der Waals surface area contributed by atoms with E-state index in [1.807, 2.05) is 45.0 Å². The molecule has 1 aliphatic heterocycles. The molecule has 36 heavy (non-hydrogen) atoms. The van der Waals surface area contributed by atoms with Crippen molar-refractivity contribution in [1.29, 1.82) is 0 Å². The van der Waals surface area contributed by atoms with E-state index in [1.165, 1.54) is 7.11 Å². The third-order valence-electron chi connectivity index (χ3n) is 6.88. The van der Waals surface area contributed by atoms with Gasteiger partial charge in [-0.2, -0.15) is 0 Å². The third kappa shape index (κ3) is 5.04. The molecule has 6 nitrogen and oxygen atoms in total. The maximum atomic E-state index is 13.7. The molecule has 2 aliphatic rings. The Bertz CT molecular complexity index is 1270. The summed E-state index contributed by atoms with van der Waals surface area (Å²) in [6, 6.07) is 11.0. The molecule has 1 aliphatic carbocycles. The quantitative estimate of drug-likeness (QED) is 0.382. The van der Waals surface area contributed by atoms with Gasteiger partial charge in [0, 0.05) is 34.3 Å². The summed E-state index contributed by atoms with van der Waals surface area (Å²) in [5.74, 6) is -0.993. The molecule has 0 radical (unpaired) electrons. The number of hydrogen-bond acceptors (Lipinski definition) is 6. The van der Waals surface area contributed by atoms with E-state index in [-0.39, 0.29) is 29.3 Å². The van der Waals surface area contributed by atoms with E-state index < -0.39 is 11.9 Å². The van der Waals surface area contributed by atoms with Crippen molar-refractivity contribution in [3.05, 3.63) is 79.6 Å². The van der Waals surface area contributed by atoms with Crippen molar-refractivity contribution in [3.63, 3.8) is 0 Å². The highest BCUT2D eigenvalue weighted by Crippen LogP contribution is 2.48. The second kappa shape index (κ2) is 10.7. The number of phenolic OH excluding ortho intramolecular Hbond substituents is 1. The van der Waals surface area contributed by atoms with Crippen LogP contribution in [0, 0.1) is 0 Å². The normalized spacial score (nSPS) is 20.6. The molecule has 2 aromatic carbocycles. The van der Waals surface area contributed by atoms with Gasteiger partial charge in [0.1, 0.15) is 0 Å². The molecular formula is C28H29BrClNO5. The van der Waals surface area contributed by atoms with Gasteiger partial charge in [-0.3, -0.25) is 4.79 Å². The lowest BCUT2D eigenvalue weighted by molar-refractivity contribution is -0.144. The van der Waals surface area contributed by atoms with Gasteiger partial charge in [0.05, 0.1) is 23.3 Å². The molecule has 3 atom stereocenters. The second-order valence-corrected chi connectivity index (χ2v) is 10.5. The van der Waals surface area contributed by atoms with Gasteiger partial charge in [-0.05, 0) is 83.9 Å². The number of ketones is 1. The lowest BCUT2D eigenvalue weighted by Crippen LogP contribution is -2.36. The zero-order valence-electron chi connectivity index (χ0n) is 20.7. The number of Topliss-reactive ketones (excluding diaryl/α,β-unsaturated/α-hetero) is 1. The number of carbonyl (C=O) groups is 2. The number of hydrogen-bond donors (Lipinski definition) is 2. The van der Waals surface area contributed by atoms with Gasteiger partial charge in [0.25, 0.3) is 0 Å². The molecule has 0 unspecified atom stereocenters. The summed E-state index contributed by atoms with van der Waals surface area (Å²) < 4.78 is 11.5. The Balaban J connectivity index is 1.84. The summed E-state index contributed by atoms with van der Waals surface area (Å²) in [7, 11) is 1.46. The molecule has 1 heterocycles. The van der Waals surface area contributed by atoms with E-state index in [0.29, 0.717) is 51.2 Å². The molecule has 0 spiro atoms. The maximum Gasteiger partial charge on any atom is 0.337 e. The Labute approximate surface area is 224 Å². The topological polar surface area (TPSA) is 84.9 Å². The fourth-order valence-corrected chi connectivity index (χ4v) is 5.44. The zero-order valence-corrected chi connectivity index (χ0v) is 23.0. The van der Waals surface area contributed by atoms with E-state index in [2.05, 4.69) is 21.2 Å². The standard InChI is InChI=1S/C28H29BrClNO5/c1-5-14(2)36-28(34)24-15(3)31-21-11-17(16-6-8-19(30)9-7-16)12-22(32)26(21)25(24)18-10-20(29)27(33)23(13-18)35-4/h6-10,13-14,17,25,31,33H,5,11-12H2,1-4H3/t14-,17+,25+/m0/s1. The number of phenols is 1. The minimum atomic E-state index is -0.665. The number of benzene rings is 2. The highest BCUT2D eigenvalue weighted by Gasteiger charge is 2.42. The summed E-state index contributed by atoms with van der Waals surface area (Å²) in [4.78, 5) is 27.1. The van der Waals surface area contributed by atoms with Crippen LogP contribution in [-0.4, -0.2) is 30.1 Å². The van der Waals surface area contributed by atoms with Crippen molar-refractivity contribution in [1.82, 2.24) is 5.32 Å². The highest BCUT2D eigenvalue weighted by atomic mass is 79.9. The lowest BCUT2D eigenvalue weighted by atomic mass is 9.71. The van der Waals surface area contributed by atoms with Gasteiger partial charge in [-0.15, -0.1) is 0 Å². The molecule has 0 saturated heterocycles. The van der Waals surface area contributed by atoms with Crippen LogP contribution in [0.4, 0.5) is 0 Å². The first-order valence-electron chi connectivity index (χ1n) is 11.9. The smallest absolute Gasteiger partial charge is 0.337 e. The van der Waals surface area contributed by atoms with E-state index >= 15 is 0 Å². The summed E-state index contributed by atoms with van der Waals surface area (Å²) >= 11 is 9.45. The molecule has 8 heteroatoms. The molecule has 0 bridgehead atoms. The molecule has 0 aromatic heterocycles. The second-order valence-electron chi connectivity index (χ2n) is 9.25. The van der Waals surface area contributed by atoms with Crippen LogP contribution in [0.3, 0.4) is 0 Å². The van der Waals surface area contributed by atoms with Crippen LogP contribution in [0.5, 0.6) is 11.5 Å². The largest absolute Gasteiger partial charge is 0.503 e. The predicted octanol–water partition coefficient (Wildman–Crippen LogP) is 6.52. The average Bonchev–Trinajstić information content (AvgIpc) is 2.84. The number of carbonyl (C=O) groups excluding carboxylic acids is 2. The Morgan fingerprint density at radius 2 is 1.92 bits per heavy atom. The number of rotatable bonds is 6. The molecule has 4 rings (SSSR count). The molecule has 0 amide bonds. The third-order valence-corrected chi connectivity index (χ3v) is 7.73. The molecular weight excluding hydrogens is 546 g/mol. The molecule has 0 saturated carbocycles. The number of methoxy groups -OCH3 is 1. The predicted molar refractivity (Wildman–Crippen MR) is 142 cm³/mol. The van der Waals surface area contributed by atoms with Crippen molar-refractivity contribution in [2.45, 2.75) is 58.0 Å². The van der Waals surface area contributed by atoms with Crippen LogP contribution >= 0.6 is 27.5 Å². The first-order chi connectivity index (χ1) is 17.1. The van der Waals surface area contributed by atoms with Crippen LogP contribution < -0.4 is 10.1 Å². The zero-order chi connectivity index (χ0) is 26.1. The molecule has 0 fully saturated rings. The summed E-state index contributed by atoms with van der Waals surface area (Å²) in [5.41, 5.74) is 4.04. The Kier molecular flexibility index (Phi) is 7.81.